The first-order chi connectivity index (χ1) is 7.49. The molecule has 1 rings (SSSR count). The molecular formula is C10H16N2O2S2. The number of aliphatic hydroxyl groups is 1. The Hall–Kier alpha value is -0.590. The lowest BCUT2D eigenvalue weighted by Gasteiger charge is -2.13. The summed E-state index contributed by atoms with van der Waals surface area (Å²) in [4.78, 5) is 15.6. The number of aromatic nitrogens is 1. The van der Waals surface area contributed by atoms with E-state index < -0.39 is 6.10 Å². The number of rotatable bonds is 5. The number of hydrogen-bond donors (Lipinski definition) is 2. The minimum atomic E-state index is -0.403. The van der Waals surface area contributed by atoms with Crippen LogP contribution in [0.25, 0.3) is 0 Å². The maximum atomic E-state index is 11.5. The van der Waals surface area contributed by atoms with Gasteiger partial charge in [0.05, 0.1) is 17.6 Å². The zero-order chi connectivity index (χ0) is 12.1. The van der Waals surface area contributed by atoms with Crippen molar-refractivity contribution in [3.8, 4) is 0 Å². The van der Waals surface area contributed by atoms with Crippen molar-refractivity contribution in [3.05, 3.63) is 11.1 Å². The standard InChI is InChI=1S/C10H16N2O2S2/c1-6-4-16-10(11-6)12-9(14)5-15-8(3)7(2)13/h4,7-8,13H,5H2,1-3H3,(H,11,12,14). The van der Waals surface area contributed by atoms with Crippen LogP contribution in [0.15, 0.2) is 5.38 Å². The van der Waals surface area contributed by atoms with Gasteiger partial charge in [-0.25, -0.2) is 4.98 Å². The van der Waals surface area contributed by atoms with Crippen LogP contribution in [-0.2, 0) is 4.79 Å². The number of nitrogens with one attached hydrogen (secondary N) is 1. The maximum Gasteiger partial charge on any atom is 0.236 e. The van der Waals surface area contributed by atoms with Crippen molar-refractivity contribution in [2.45, 2.75) is 32.1 Å². The van der Waals surface area contributed by atoms with E-state index >= 15 is 0 Å². The number of anilines is 1. The van der Waals surface area contributed by atoms with Gasteiger partial charge in [0.2, 0.25) is 5.91 Å². The summed E-state index contributed by atoms with van der Waals surface area (Å²) in [5, 5.41) is 14.6. The molecule has 6 heteroatoms. The molecule has 0 fully saturated rings. The van der Waals surface area contributed by atoms with Gasteiger partial charge in [0.25, 0.3) is 0 Å². The van der Waals surface area contributed by atoms with E-state index in [-0.39, 0.29) is 11.2 Å². The number of carbonyl (C=O) groups excluding carboxylic acids is 1. The van der Waals surface area contributed by atoms with Gasteiger partial charge < -0.3 is 10.4 Å². The summed E-state index contributed by atoms with van der Waals surface area (Å²) in [7, 11) is 0. The number of thioether (sulfide) groups is 1. The van der Waals surface area contributed by atoms with E-state index in [1.54, 1.807) is 6.92 Å². The molecular weight excluding hydrogens is 244 g/mol. The molecule has 2 unspecified atom stereocenters. The number of aliphatic hydroxyl groups excluding tert-OH is 1. The van der Waals surface area contributed by atoms with Gasteiger partial charge in [-0.1, -0.05) is 6.92 Å². The summed E-state index contributed by atoms with van der Waals surface area (Å²) in [6.07, 6.45) is -0.403. The largest absolute Gasteiger partial charge is 0.392 e. The number of aryl methyl sites for hydroxylation is 1. The highest BCUT2D eigenvalue weighted by Gasteiger charge is 2.12. The first-order valence-corrected chi connectivity index (χ1v) is 6.93. The third-order valence-electron chi connectivity index (χ3n) is 2.02. The number of carbonyl (C=O) groups is 1. The zero-order valence-electron chi connectivity index (χ0n) is 9.56. The molecule has 1 amide bonds. The van der Waals surface area contributed by atoms with Gasteiger partial charge in [0.15, 0.2) is 5.13 Å². The van der Waals surface area contributed by atoms with E-state index in [1.165, 1.54) is 23.1 Å². The summed E-state index contributed by atoms with van der Waals surface area (Å²) in [5.41, 5.74) is 0.908. The number of nitrogens with zero attached hydrogens (tertiary/aromatic N) is 1. The summed E-state index contributed by atoms with van der Waals surface area (Å²) >= 11 is 2.85. The number of hydrogen-bond acceptors (Lipinski definition) is 5. The van der Waals surface area contributed by atoms with Crippen molar-refractivity contribution in [2.75, 3.05) is 11.1 Å². The molecule has 16 heavy (non-hydrogen) atoms. The molecule has 0 aliphatic carbocycles. The summed E-state index contributed by atoms with van der Waals surface area (Å²) in [6.45, 7) is 5.51. The van der Waals surface area contributed by atoms with Crippen LogP contribution in [-0.4, -0.2) is 33.1 Å². The van der Waals surface area contributed by atoms with Crippen molar-refractivity contribution in [1.29, 1.82) is 0 Å². The van der Waals surface area contributed by atoms with Crippen LogP contribution in [0.1, 0.15) is 19.5 Å². The lowest BCUT2D eigenvalue weighted by atomic mass is 10.3. The van der Waals surface area contributed by atoms with Gasteiger partial charge in [0.1, 0.15) is 0 Å². The Kier molecular flexibility index (Phi) is 5.24. The first kappa shape index (κ1) is 13.5. The zero-order valence-corrected chi connectivity index (χ0v) is 11.2. The number of amides is 1. The summed E-state index contributed by atoms with van der Waals surface area (Å²) in [6, 6.07) is 0. The van der Waals surface area contributed by atoms with Crippen LogP contribution in [0.5, 0.6) is 0 Å². The van der Waals surface area contributed by atoms with Crippen LogP contribution in [0, 0.1) is 6.92 Å². The quantitative estimate of drug-likeness (QED) is 0.848. The second-order valence-electron chi connectivity index (χ2n) is 3.60. The monoisotopic (exact) mass is 260 g/mol. The van der Waals surface area contributed by atoms with Crippen LogP contribution >= 0.6 is 23.1 Å². The normalized spacial score (nSPS) is 14.5. The first-order valence-electron chi connectivity index (χ1n) is 5.00. The topological polar surface area (TPSA) is 62.2 Å². The molecule has 1 heterocycles. The lowest BCUT2D eigenvalue weighted by Crippen LogP contribution is -2.20. The van der Waals surface area contributed by atoms with Crippen LogP contribution < -0.4 is 5.32 Å². The van der Waals surface area contributed by atoms with Gasteiger partial charge in [-0.05, 0) is 13.8 Å². The smallest absolute Gasteiger partial charge is 0.236 e. The van der Waals surface area contributed by atoms with E-state index in [1.807, 2.05) is 19.2 Å². The Labute approximate surface area is 103 Å². The van der Waals surface area contributed by atoms with Gasteiger partial charge in [-0.3, -0.25) is 4.79 Å². The summed E-state index contributed by atoms with van der Waals surface area (Å²) in [5.74, 6) is 0.261. The molecule has 0 aliphatic heterocycles. The number of thiazole rings is 1. The molecule has 0 saturated carbocycles. The maximum absolute atomic E-state index is 11.5. The Morgan fingerprint density at radius 2 is 2.38 bits per heavy atom. The highest BCUT2D eigenvalue weighted by atomic mass is 32.2. The van der Waals surface area contributed by atoms with Crippen LogP contribution in [0.4, 0.5) is 5.13 Å². The Morgan fingerprint density at radius 1 is 1.69 bits per heavy atom. The average Bonchev–Trinajstić information content (AvgIpc) is 2.60. The predicted molar refractivity (Wildman–Crippen MR) is 69.1 cm³/mol. The fourth-order valence-corrected chi connectivity index (χ4v) is 2.38. The van der Waals surface area contributed by atoms with E-state index in [0.717, 1.165) is 5.69 Å². The molecule has 1 aromatic heterocycles. The minimum absolute atomic E-state index is 0.0591. The summed E-state index contributed by atoms with van der Waals surface area (Å²) < 4.78 is 0. The van der Waals surface area contributed by atoms with Crippen molar-refractivity contribution >= 4 is 34.1 Å². The molecule has 1 aromatic rings. The Morgan fingerprint density at radius 3 is 2.88 bits per heavy atom. The molecule has 0 saturated heterocycles. The minimum Gasteiger partial charge on any atom is -0.392 e. The van der Waals surface area contributed by atoms with E-state index in [9.17, 15) is 9.90 Å². The molecule has 0 bridgehead atoms. The van der Waals surface area contributed by atoms with Crippen molar-refractivity contribution < 1.29 is 9.90 Å². The molecule has 2 N–H and O–H groups in total. The SMILES string of the molecule is Cc1csc(NC(=O)CSC(C)C(C)O)n1. The van der Waals surface area contributed by atoms with Crippen LogP contribution in [0.2, 0.25) is 0 Å². The molecule has 90 valence electrons. The Bertz CT molecular complexity index is 352. The molecule has 4 nitrogen and oxygen atoms in total. The molecule has 0 radical (unpaired) electrons. The van der Waals surface area contributed by atoms with Crippen molar-refractivity contribution in [3.63, 3.8) is 0 Å². The van der Waals surface area contributed by atoms with Gasteiger partial charge in [-0.15, -0.1) is 23.1 Å². The van der Waals surface area contributed by atoms with Gasteiger partial charge in [-0.2, -0.15) is 0 Å². The highest BCUT2D eigenvalue weighted by Crippen LogP contribution is 2.17. The predicted octanol–water partition coefficient (Wildman–Crippen LogP) is 1.89. The highest BCUT2D eigenvalue weighted by molar-refractivity contribution is 8.00. The third-order valence-corrected chi connectivity index (χ3v) is 4.25. The van der Waals surface area contributed by atoms with E-state index in [4.69, 9.17) is 0 Å². The fraction of sp³-hybridized carbons (Fsp3) is 0.600. The second kappa shape index (κ2) is 6.22. The second-order valence-corrected chi connectivity index (χ2v) is 5.82. The fourth-order valence-electron chi connectivity index (χ4n) is 0.913. The average molecular weight is 260 g/mol. The van der Waals surface area contributed by atoms with Gasteiger partial charge in [0, 0.05) is 10.6 Å². The molecule has 0 spiro atoms. The molecule has 2 atom stereocenters. The van der Waals surface area contributed by atoms with E-state index in [2.05, 4.69) is 10.3 Å². The lowest BCUT2D eigenvalue weighted by molar-refractivity contribution is -0.113. The van der Waals surface area contributed by atoms with Crippen molar-refractivity contribution in [2.24, 2.45) is 0 Å². The van der Waals surface area contributed by atoms with Crippen molar-refractivity contribution in [1.82, 2.24) is 4.98 Å². The molecule has 0 aromatic carbocycles. The third kappa shape index (κ3) is 4.51. The molecule has 0 aliphatic rings. The Balaban J connectivity index is 2.31. The van der Waals surface area contributed by atoms with Crippen LogP contribution in [0.3, 0.4) is 0 Å². The van der Waals surface area contributed by atoms with E-state index in [0.29, 0.717) is 10.9 Å². The van der Waals surface area contributed by atoms with Gasteiger partial charge >= 0.3 is 0 Å².